The summed E-state index contributed by atoms with van der Waals surface area (Å²) in [6.07, 6.45) is 4.66. The van der Waals surface area contributed by atoms with Gasteiger partial charge in [-0.2, -0.15) is 0 Å². The number of carbonyl (C=O) groups is 2. The zero-order valence-electron chi connectivity index (χ0n) is 15.0. The Kier molecular flexibility index (Phi) is 5.89. The average molecular weight is 352 g/mol. The molecule has 3 rings (SSSR count). The molecule has 0 aliphatic heterocycles. The molecule has 0 heterocycles. The van der Waals surface area contributed by atoms with Crippen molar-refractivity contribution < 1.29 is 14.3 Å². The van der Waals surface area contributed by atoms with Gasteiger partial charge >= 0.3 is 0 Å². The largest absolute Gasteiger partial charge is 0.484 e. The van der Waals surface area contributed by atoms with Crippen molar-refractivity contribution in [3.05, 3.63) is 53.6 Å². The topological polar surface area (TPSA) is 67.4 Å². The molecule has 0 radical (unpaired) electrons. The summed E-state index contributed by atoms with van der Waals surface area (Å²) in [6, 6.07) is 13.1. The second-order valence-corrected chi connectivity index (χ2v) is 6.50. The molecule has 2 aromatic rings. The minimum absolute atomic E-state index is 0.0316. The van der Waals surface area contributed by atoms with Gasteiger partial charge in [0.1, 0.15) is 5.75 Å². The van der Waals surface area contributed by atoms with Gasteiger partial charge in [0, 0.05) is 17.8 Å². The van der Waals surface area contributed by atoms with Gasteiger partial charge < -0.3 is 15.4 Å². The number of carbonyl (C=O) groups excluding carboxylic acids is 2. The second-order valence-electron chi connectivity index (χ2n) is 6.50. The highest BCUT2D eigenvalue weighted by molar-refractivity contribution is 5.94. The first-order valence-corrected chi connectivity index (χ1v) is 9.08. The predicted molar refractivity (Wildman–Crippen MR) is 103 cm³/mol. The van der Waals surface area contributed by atoms with E-state index in [-0.39, 0.29) is 18.4 Å². The molecule has 2 aromatic carbocycles. The quantitative estimate of drug-likeness (QED) is 0.793. The van der Waals surface area contributed by atoms with Gasteiger partial charge in [-0.25, -0.2) is 0 Å². The Morgan fingerprint density at radius 2 is 1.69 bits per heavy atom. The number of ether oxygens (including phenoxy) is 1. The highest BCUT2D eigenvalue weighted by Crippen LogP contribution is 2.26. The van der Waals surface area contributed by atoms with Crippen LogP contribution in [0, 0.1) is 0 Å². The first-order valence-electron chi connectivity index (χ1n) is 9.08. The molecule has 1 aliphatic carbocycles. The maximum absolute atomic E-state index is 12.1. The van der Waals surface area contributed by atoms with Crippen molar-refractivity contribution in [1.29, 1.82) is 0 Å². The van der Waals surface area contributed by atoms with Crippen LogP contribution in [0.15, 0.2) is 42.5 Å². The average Bonchev–Trinajstić information content (AvgIpc) is 3.08. The van der Waals surface area contributed by atoms with Gasteiger partial charge in [-0.1, -0.05) is 19.1 Å². The molecule has 0 unspecified atom stereocenters. The molecule has 5 heteroatoms. The predicted octanol–water partition coefficient (Wildman–Crippen LogP) is 3.93. The Hall–Kier alpha value is -2.82. The van der Waals surface area contributed by atoms with Crippen LogP contribution in [0.5, 0.6) is 5.75 Å². The maximum Gasteiger partial charge on any atom is 0.262 e. The number of fused-ring (bicyclic) bond motifs is 1. The molecule has 0 fully saturated rings. The van der Waals surface area contributed by atoms with Crippen molar-refractivity contribution in [2.24, 2.45) is 0 Å². The fourth-order valence-electron chi connectivity index (χ4n) is 3.11. The van der Waals surface area contributed by atoms with E-state index in [4.69, 9.17) is 4.74 Å². The zero-order chi connectivity index (χ0) is 18.4. The Bertz CT molecular complexity index is 802. The monoisotopic (exact) mass is 352 g/mol. The van der Waals surface area contributed by atoms with Crippen LogP contribution in [-0.4, -0.2) is 18.4 Å². The minimum Gasteiger partial charge on any atom is -0.484 e. The van der Waals surface area contributed by atoms with E-state index in [1.54, 1.807) is 24.3 Å². The van der Waals surface area contributed by atoms with E-state index < -0.39 is 0 Å². The lowest BCUT2D eigenvalue weighted by molar-refractivity contribution is -0.118. The van der Waals surface area contributed by atoms with E-state index in [0.717, 1.165) is 25.0 Å². The first kappa shape index (κ1) is 18.0. The molecule has 0 bridgehead atoms. The van der Waals surface area contributed by atoms with E-state index in [2.05, 4.69) is 16.7 Å². The molecule has 0 atom stereocenters. The molecule has 0 aromatic heterocycles. The molecule has 2 N–H and O–H groups in total. The summed E-state index contributed by atoms with van der Waals surface area (Å²) < 4.78 is 5.61. The van der Waals surface area contributed by atoms with Gasteiger partial charge in [-0.15, -0.1) is 0 Å². The van der Waals surface area contributed by atoms with E-state index >= 15 is 0 Å². The summed E-state index contributed by atoms with van der Waals surface area (Å²) in [4.78, 5) is 23.8. The summed E-state index contributed by atoms with van der Waals surface area (Å²) in [6.45, 7) is 1.91. The van der Waals surface area contributed by atoms with Crippen LogP contribution in [0.3, 0.4) is 0 Å². The van der Waals surface area contributed by atoms with Gasteiger partial charge in [0.2, 0.25) is 5.91 Å². The van der Waals surface area contributed by atoms with Crippen LogP contribution in [0.25, 0.3) is 0 Å². The Morgan fingerprint density at radius 1 is 0.962 bits per heavy atom. The zero-order valence-corrected chi connectivity index (χ0v) is 15.0. The number of benzene rings is 2. The number of hydrogen-bond acceptors (Lipinski definition) is 3. The lowest BCUT2D eigenvalue weighted by atomic mass is 10.1. The van der Waals surface area contributed by atoms with Crippen molar-refractivity contribution in [2.75, 3.05) is 17.2 Å². The summed E-state index contributed by atoms with van der Waals surface area (Å²) >= 11 is 0. The van der Waals surface area contributed by atoms with E-state index in [1.165, 1.54) is 17.5 Å². The normalized spacial score (nSPS) is 12.3. The van der Waals surface area contributed by atoms with Gasteiger partial charge in [0.15, 0.2) is 6.61 Å². The number of amides is 2. The molecule has 0 saturated carbocycles. The summed E-state index contributed by atoms with van der Waals surface area (Å²) in [5, 5.41) is 5.61. The smallest absolute Gasteiger partial charge is 0.262 e. The minimum atomic E-state index is -0.234. The summed E-state index contributed by atoms with van der Waals surface area (Å²) in [5.41, 5.74) is 3.99. The molecule has 2 amide bonds. The first-order chi connectivity index (χ1) is 12.6. The lowest BCUT2D eigenvalue weighted by Gasteiger charge is -2.10. The van der Waals surface area contributed by atoms with Crippen LogP contribution in [0.1, 0.15) is 37.3 Å². The van der Waals surface area contributed by atoms with Gasteiger partial charge in [-0.3, -0.25) is 9.59 Å². The molecule has 0 saturated heterocycles. The fraction of sp³-hybridized carbons (Fsp3) is 0.333. The number of rotatable bonds is 7. The third-order valence-corrected chi connectivity index (χ3v) is 4.35. The van der Waals surface area contributed by atoms with Crippen LogP contribution in [0.4, 0.5) is 11.4 Å². The van der Waals surface area contributed by atoms with E-state index in [9.17, 15) is 9.59 Å². The Morgan fingerprint density at radius 3 is 2.46 bits per heavy atom. The molecule has 136 valence electrons. The van der Waals surface area contributed by atoms with Crippen molar-refractivity contribution in [3.63, 3.8) is 0 Å². The summed E-state index contributed by atoms with van der Waals surface area (Å²) in [5.74, 6) is 0.458. The standard InChI is InChI=1S/C21H24N2O3/c1-2-5-20(24)22-17-8-4-9-18(13-17)23-21(25)14-26-19-11-10-15-6-3-7-16(15)12-19/h4,8-13H,2-3,5-7,14H2,1H3,(H,22,24)(H,23,25). The van der Waals surface area contributed by atoms with Crippen LogP contribution in [-0.2, 0) is 22.4 Å². The molecular formula is C21H24N2O3. The van der Waals surface area contributed by atoms with E-state index in [0.29, 0.717) is 17.8 Å². The third kappa shape index (κ3) is 4.85. The SMILES string of the molecule is CCCC(=O)Nc1cccc(NC(=O)COc2ccc3c(c2)CCC3)c1. The molecule has 5 nitrogen and oxygen atoms in total. The highest BCUT2D eigenvalue weighted by Gasteiger charge is 2.12. The Balaban J connectivity index is 1.52. The Labute approximate surface area is 153 Å². The second kappa shape index (κ2) is 8.52. The number of aryl methyl sites for hydroxylation is 2. The number of hydrogen-bond donors (Lipinski definition) is 2. The van der Waals surface area contributed by atoms with Crippen LogP contribution >= 0.6 is 0 Å². The van der Waals surface area contributed by atoms with Crippen LogP contribution < -0.4 is 15.4 Å². The van der Waals surface area contributed by atoms with Gasteiger partial charge in [-0.05, 0) is 67.1 Å². The lowest BCUT2D eigenvalue weighted by Crippen LogP contribution is -2.20. The van der Waals surface area contributed by atoms with Crippen molar-refractivity contribution in [3.8, 4) is 5.75 Å². The van der Waals surface area contributed by atoms with Crippen LogP contribution in [0.2, 0.25) is 0 Å². The molecular weight excluding hydrogens is 328 g/mol. The van der Waals surface area contributed by atoms with Crippen molar-refractivity contribution in [2.45, 2.75) is 39.0 Å². The number of anilines is 2. The van der Waals surface area contributed by atoms with Crippen molar-refractivity contribution in [1.82, 2.24) is 0 Å². The fourth-order valence-corrected chi connectivity index (χ4v) is 3.11. The van der Waals surface area contributed by atoms with Crippen molar-refractivity contribution >= 4 is 23.2 Å². The van der Waals surface area contributed by atoms with Gasteiger partial charge in [0.05, 0.1) is 0 Å². The van der Waals surface area contributed by atoms with E-state index in [1.807, 2.05) is 19.1 Å². The maximum atomic E-state index is 12.1. The third-order valence-electron chi connectivity index (χ3n) is 4.35. The summed E-state index contributed by atoms with van der Waals surface area (Å²) in [7, 11) is 0. The highest BCUT2D eigenvalue weighted by atomic mass is 16.5. The molecule has 1 aliphatic rings. The van der Waals surface area contributed by atoms with Gasteiger partial charge in [0.25, 0.3) is 5.91 Å². The number of nitrogens with one attached hydrogen (secondary N) is 2. The molecule has 26 heavy (non-hydrogen) atoms. The molecule has 0 spiro atoms.